The molecule has 0 aliphatic carbocycles. The number of hydrogen-bond donors (Lipinski definition) is 2. The number of amides is 3. The Bertz CT molecular complexity index is 902. The third-order valence-corrected chi connectivity index (χ3v) is 4.96. The number of likely N-dealkylation sites (tertiary alicyclic amines) is 1. The van der Waals surface area contributed by atoms with Crippen LogP contribution in [0.5, 0.6) is 5.75 Å². The van der Waals surface area contributed by atoms with E-state index in [2.05, 4.69) is 5.32 Å². The van der Waals surface area contributed by atoms with E-state index in [1.165, 1.54) is 17.0 Å². The number of nitrogens with two attached hydrogens (primary N) is 1. The Morgan fingerprint density at radius 2 is 1.91 bits per heavy atom. The van der Waals surface area contributed by atoms with Crippen LogP contribution in [-0.2, 0) is 20.7 Å². The van der Waals surface area contributed by atoms with Crippen LogP contribution in [0.2, 0.25) is 0 Å². The number of primary amides is 1. The minimum Gasteiger partial charge on any atom is -0.493 e. The van der Waals surface area contributed by atoms with E-state index in [1.807, 2.05) is 0 Å². The van der Waals surface area contributed by atoms with E-state index in [0.29, 0.717) is 12.8 Å². The Labute approximate surface area is 194 Å². The molecule has 0 spiro atoms. The SMILES string of the molecule is CC(C)(C)OC(=O)N[C@@H](Cc1ccc(OCCC(F)(F)F)cc1F)C(=O)N1CCC[C@H]1C(N)=O. The molecule has 0 saturated carbocycles. The topological polar surface area (TPSA) is 111 Å². The molecule has 0 bridgehead atoms. The van der Waals surface area contributed by atoms with E-state index < -0.39 is 60.6 Å². The number of halogens is 4. The lowest BCUT2D eigenvalue weighted by Gasteiger charge is -2.29. The Morgan fingerprint density at radius 1 is 1.24 bits per heavy atom. The molecule has 0 unspecified atom stereocenters. The van der Waals surface area contributed by atoms with Crippen LogP contribution < -0.4 is 15.8 Å². The predicted octanol–water partition coefficient (Wildman–Crippen LogP) is 3.07. The molecule has 2 rings (SSSR count). The fourth-order valence-corrected chi connectivity index (χ4v) is 3.46. The van der Waals surface area contributed by atoms with Gasteiger partial charge in [-0.25, -0.2) is 9.18 Å². The predicted molar refractivity (Wildman–Crippen MR) is 113 cm³/mol. The number of nitrogens with zero attached hydrogens (tertiary/aromatic N) is 1. The Morgan fingerprint density at radius 3 is 2.47 bits per heavy atom. The first-order valence-corrected chi connectivity index (χ1v) is 10.7. The monoisotopic (exact) mass is 491 g/mol. The summed E-state index contributed by atoms with van der Waals surface area (Å²) >= 11 is 0. The van der Waals surface area contributed by atoms with Gasteiger partial charge >= 0.3 is 12.3 Å². The zero-order valence-electron chi connectivity index (χ0n) is 19.2. The Kier molecular flexibility index (Phi) is 8.73. The summed E-state index contributed by atoms with van der Waals surface area (Å²) < 4.78 is 61.6. The summed E-state index contributed by atoms with van der Waals surface area (Å²) in [5, 5.41) is 2.42. The van der Waals surface area contributed by atoms with Gasteiger partial charge in [0.2, 0.25) is 11.8 Å². The third kappa shape index (κ3) is 8.38. The second-order valence-electron chi connectivity index (χ2n) is 8.96. The molecule has 1 aromatic carbocycles. The maximum atomic E-state index is 14.7. The minimum absolute atomic E-state index is 0.00685. The zero-order chi connectivity index (χ0) is 25.7. The second-order valence-corrected chi connectivity index (χ2v) is 8.96. The van der Waals surface area contributed by atoms with E-state index in [1.54, 1.807) is 20.8 Å². The van der Waals surface area contributed by atoms with Gasteiger partial charge in [-0.05, 0) is 45.2 Å². The summed E-state index contributed by atoms with van der Waals surface area (Å²) in [4.78, 5) is 38.5. The van der Waals surface area contributed by atoms with Crippen molar-refractivity contribution in [2.75, 3.05) is 13.2 Å². The van der Waals surface area contributed by atoms with Gasteiger partial charge in [-0.2, -0.15) is 13.2 Å². The molecule has 2 atom stereocenters. The summed E-state index contributed by atoms with van der Waals surface area (Å²) in [6.07, 6.45) is -5.89. The lowest BCUT2D eigenvalue weighted by molar-refractivity contribution is -0.139. The fraction of sp³-hybridized carbons (Fsp3) is 0.591. The molecule has 1 aliphatic rings. The van der Waals surface area contributed by atoms with Gasteiger partial charge in [0.15, 0.2) is 0 Å². The van der Waals surface area contributed by atoms with E-state index in [4.69, 9.17) is 15.2 Å². The van der Waals surface area contributed by atoms with Gasteiger partial charge in [-0.3, -0.25) is 9.59 Å². The maximum Gasteiger partial charge on any atom is 0.408 e. The molecule has 0 aromatic heterocycles. The second kappa shape index (κ2) is 10.9. The summed E-state index contributed by atoms with van der Waals surface area (Å²) in [5.41, 5.74) is 4.53. The van der Waals surface area contributed by atoms with Gasteiger partial charge in [0, 0.05) is 19.0 Å². The summed E-state index contributed by atoms with van der Waals surface area (Å²) in [5.74, 6) is -2.26. The van der Waals surface area contributed by atoms with Crippen LogP contribution >= 0.6 is 0 Å². The first-order valence-electron chi connectivity index (χ1n) is 10.7. The molecule has 0 radical (unpaired) electrons. The lowest BCUT2D eigenvalue weighted by atomic mass is 10.0. The molecule has 12 heteroatoms. The summed E-state index contributed by atoms with van der Waals surface area (Å²) in [6.45, 7) is 4.46. The van der Waals surface area contributed by atoms with Gasteiger partial charge in [-0.1, -0.05) is 6.07 Å². The zero-order valence-corrected chi connectivity index (χ0v) is 19.2. The molecule has 190 valence electrons. The van der Waals surface area contributed by atoms with E-state index in [9.17, 15) is 31.9 Å². The van der Waals surface area contributed by atoms with E-state index in [-0.39, 0.29) is 24.3 Å². The molecular weight excluding hydrogens is 462 g/mol. The number of ether oxygens (including phenoxy) is 2. The van der Waals surface area contributed by atoms with Crippen molar-refractivity contribution in [3.63, 3.8) is 0 Å². The Balaban J connectivity index is 2.19. The minimum atomic E-state index is -4.41. The third-order valence-electron chi connectivity index (χ3n) is 4.96. The smallest absolute Gasteiger partial charge is 0.408 e. The van der Waals surface area contributed by atoms with Gasteiger partial charge in [0.25, 0.3) is 0 Å². The van der Waals surface area contributed by atoms with Crippen LogP contribution in [0.3, 0.4) is 0 Å². The fourth-order valence-electron chi connectivity index (χ4n) is 3.46. The van der Waals surface area contributed by atoms with Crippen LogP contribution in [0.25, 0.3) is 0 Å². The molecule has 1 heterocycles. The first-order chi connectivity index (χ1) is 15.7. The van der Waals surface area contributed by atoms with Crippen LogP contribution in [0, 0.1) is 5.82 Å². The van der Waals surface area contributed by atoms with Gasteiger partial charge in [0.1, 0.15) is 29.3 Å². The number of hydrogen-bond acceptors (Lipinski definition) is 5. The Hall–Kier alpha value is -3.05. The highest BCUT2D eigenvalue weighted by molar-refractivity contribution is 5.91. The quantitative estimate of drug-likeness (QED) is 0.543. The van der Waals surface area contributed by atoms with Crippen LogP contribution in [0.15, 0.2) is 18.2 Å². The first kappa shape index (κ1) is 27.2. The van der Waals surface area contributed by atoms with Crippen molar-refractivity contribution >= 4 is 17.9 Å². The van der Waals surface area contributed by atoms with Gasteiger partial charge in [-0.15, -0.1) is 0 Å². The number of benzene rings is 1. The van der Waals surface area contributed by atoms with Crippen molar-refractivity contribution in [3.8, 4) is 5.75 Å². The summed E-state index contributed by atoms with van der Waals surface area (Å²) in [6, 6.07) is 1.31. The average Bonchev–Trinajstić information content (AvgIpc) is 3.16. The van der Waals surface area contributed by atoms with Crippen molar-refractivity contribution in [1.29, 1.82) is 0 Å². The van der Waals surface area contributed by atoms with E-state index >= 15 is 0 Å². The van der Waals surface area contributed by atoms with Crippen molar-refractivity contribution in [1.82, 2.24) is 10.2 Å². The number of alkyl carbamates (subject to hydrolysis) is 1. The lowest BCUT2D eigenvalue weighted by Crippen LogP contribution is -2.54. The van der Waals surface area contributed by atoms with Crippen molar-refractivity contribution in [2.45, 2.75) is 70.3 Å². The summed E-state index contributed by atoms with van der Waals surface area (Å²) in [7, 11) is 0. The maximum absolute atomic E-state index is 14.7. The molecule has 1 aromatic rings. The normalized spacial score (nSPS) is 17.3. The molecule has 3 N–H and O–H groups in total. The van der Waals surface area contributed by atoms with E-state index in [0.717, 1.165) is 6.07 Å². The number of carbonyl (C=O) groups is 3. The van der Waals surface area contributed by atoms with Crippen molar-refractivity contribution in [2.24, 2.45) is 5.73 Å². The van der Waals surface area contributed by atoms with Gasteiger partial charge < -0.3 is 25.4 Å². The molecule has 3 amide bonds. The molecule has 1 saturated heterocycles. The average molecular weight is 491 g/mol. The van der Waals surface area contributed by atoms with Gasteiger partial charge in [0.05, 0.1) is 13.0 Å². The highest BCUT2D eigenvalue weighted by Crippen LogP contribution is 2.24. The molecule has 34 heavy (non-hydrogen) atoms. The standard InChI is InChI=1S/C22H29F4N3O5/c1-21(2,3)34-20(32)28-16(19(31)29-9-4-5-17(29)18(27)30)11-13-6-7-14(12-15(13)23)33-10-8-22(24,25)26/h6-7,12,16-17H,4-5,8-11H2,1-3H3,(H2,27,30)(H,28,32)/t16-,17-/m0/s1. The number of rotatable bonds is 8. The number of carbonyl (C=O) groups excluding carboxylic acids is 3. The highest BCUT2D eigenvalue weighted by Gasteiger charge is 2.37. The van der Waals surface area contributed by atoms with Crippen molar-refractivity contribution < 1.29 is 41.4 Å². The highest BCUT2D eigenvalue weighted by atomic mass is 19.4. The van der Waals surface area contributed by atoms with Crippen LogP contribution in [0.1, 0.15) is 45.6 Å². The number of nitrogens with one attached hydrogen (secondary N) is 1. The number of alkyl halides is 3. The van der Waals surface area contributed by atoms with Crippen LogP contribution in [-0.4, -0.2) is 59.8 Å². The van der Waals surface area contributed by atoms with Crippen LogP contribution in [0.4, 0.5) is 22.4 Å². The molecule has 8 nitrogen and oxygen atoms in total. The molecule has 1 aliphatic heterocycles. The molecule has 1 fully saturated rings. The molecular formula is C22H29F4N3O5. The largest absolute Gasteiger partial charge is 0.493 e. The van der Waals surface area contributed by atoms with Crippen molar-refractivity contribution in [3.05, 3.63) is 29.6 Å².